The fraction of sp³-hybridized carbons (Fsp3) is 1.00. The van der Waals surface area contributed by atoms with Gasteiger partial charge in [0.1, 0.15) is 0 Å². The van der Waals surface area contributed by atoms with Crippen molar-refractivity contribution >= 4 is 10.2 Å². The fourth-order valence-corrected chi connectivity index (χ4v) is 4.39. The Morgan fingerprint density at radius 1 is 1.29 bits per heavy atom. The van der Waals surface area contributed by atoms with Gasteiger partial charge in [-0.15, -0.1) is 0 Å². The molecule has 2 unspecified atom stereocenters. The van der Waals surface area contributed by atoms with Crippen molar-refractivity contribution in [3.63, 3.8) is 0 Å². The Hall–Kier alpha value is -0.210. The molecule has 0 bridgehead atoms. The Bertz CT molecular complexity index is 396. The summed E-state index contributed by atoms with van der Waals surface area (Å²) in [4.78, 5) is 0. The van der Waals surface area contributed by atoms with Gasteiger partial charge in [-0.1, -0.05) is 6.92 Å². The second-order valence-electron chi connectivity index (χ2n) is 6.09. The van der Waals surface area contributed by atoms with E-state index in [1.807, 2.05) is 0 Å². The summed E-state index contributed by atoms with van der Waals surface area (Å²) in [6.07, 6.45) is 3.98. The van der Waals surface area contributed by atoms with Crippen LogP contribution in [0.25, 0.3) is 0 Å². The van der Waals surface area contributed by atoms with Crippen molar-refractivity contribution in [2.75, 3.05) is 45.9 Å². The van der Waals surface area contributed by atoms with E-state index in [0.717, 1.165) is 52.0 Å². The molecule has 0 aliphatic carbocycles. The minimum absolute atomic E-state index is 0.429. The molecule has 2 saturated heterocycles. The first kappa shape index (κ1) is 17.1. The molecule has 2 aliphatic heterocycles. The van der Waals surface area contributed by atoms with E-state index in [9.17, 15) is 8.42 Å². The molecule has 2 aliphatic rings. The van der Waals surface area contributed by atoms with E-state index in [2.05, 4.69) is 17.0 Å². The highest BCUT2D eigenvalue weighted by Crippen LogP contribution is 2.19. The molecule has 0 amide bonds. The molecule has 124 valence electrons. The topological polar surface area (TPSA) is 70.7 Å². The third-order valence-corrected chi connectivity index (χ3v) is 5.95. The molecule has 2 N–H and O–H groups in total. The number of rotatable bonds is 8. The van der Waals surface area contributed by atoms with Crippen LogP contribution in [0.15, 0.2) is 0 Å². The minimum Gasteiger partial charge on any atom is -0.381 e. The van der Waals surface area contributed by atoms with E-state index in [0.29, 0.717) is 31.5 Å². The van der Waals surface area contributed by atoms with Crippen molar-refractivity contribution in [2.24, 2.45) is 11.8 Å². The van der Waals surface area contributed by atoms with Gasteiger partial charge in [-0.3, -0.25) is 0 Å². The largest absolute Gasteiger partial charge is 0.381 e. The van der Waals surface area contributed by atoms with E-state index in [4.69, 9.17) is 4.74 Å². The van der Waals surface area contributed by atoms with Gasteiger partial charge in [0.15, 0.2) is 0 Å². The van der Waals surface area contributed by atoms with Crippen molar-refractivity contribution < 1.29 is 13.2 Å². The Balaban J connectivity index is 1.74. The standard InChI is InChI=1S/C14H29N3O3S/c1-2-15-10-14-4-3-8-17(11-14)21(18,19)16-7-5-13-6-9-20-12-13/h13-16H,2-12H2,1H3. The van der Waals surface area contributed by atoms with E-state index in [1.54, 1.807) is 4.31 Å². The summed E-state index contributed by atoms with van der Waals surface area (Å²) in [5.41, 5.74) is 0. The summed E-state index contributed by atoms with van der Waals surface area (Å²) >= 11 is 0. The fourth-order valence-electron chi connectivity index (χ4n) is 3.05. The molecule has 2 rings (SSSR count). The van der Waals surface area contributed by atoms with Crippen molar-refractivity contribution in [1.82, 2.24) is 14.3 Å². The van der Waals surface area contributed by atoms with Crippen LogP contribution >= 0.6 is 0 Å². The second-order valence-corrected chi connectivity index (χ2v) is 7.85. The second kappa shape index (κ2) is 8.43. The summed E-state index contributed by atoms with van der Waals surface area (Å²) in [5.74, 6) is 0.939. The maximum absolute atomic E-state index is 12.3. The van der Waals surface area contributed by atoms with Crippen molar-refractivity contribution in [3.05, 3.63) is 0 Å². The maximum atomic E-state index is 12.3. The Kier molecular flexibility index (Phi) is 6.88. The summed E-state index contributed by atoms with van der Waals surface area (Å²) in [5, 5.41) is 3.31. The SMILES string of the molecule is CCNCC1CCCN(S(=O)(=O)NCCC2CCOC2)C1. The average Bonchev–Trinajstić information content (AvgIpc) is 2.98. The van der Waals surface area contributed by atoms with Gasteiger partial charge in [-0.25, -0.2) is 4.72 Å². The van der Waals surface area contributed by atoms with Gasteiger partial charge in [-0.05, 0) is 50.6 Å². The smallest absolute Gasteiger partial charge is 0.279 e. The zero-order valence-corrected chi connectivity index (χ0v) is 13.8. The summed E-state index contributed by atoms with van der Waals surface area (Å²) in [6.45, 7) is 7.30. The van der Waals surface area contributed by atoms with E-state index in [1.165, 1.54) is 0 Å². The summed E-state index contributed by atoms with van der Waals surface area (Å²) < 4.78 is 34.4. The molecule has 7 heteroatoms. The predicted molar refractivity (Wildman–Crippen MR) is 83.3 cm³/mol. The average molecular weight is 319 g/mol. The van der Waals surface area contributed by atoms with Crippen molar-refractivity contribution in [1.29, 1.82) is 0 Å². The van der Waals surface area contributed by atoms with Gasteiger partial charge in [0, 0.05) is 32.8 Å². The Labute approximate surface area is 128 Å². The first-order valence-corrected chi connectivity index (χ1v) is 9.59. The van der Waals surface area contributed by atoms with Crippen LogP contribution in [0.4, 0.5) is 0 Å². The van der Waals surface area contributed by atoms with Crippen LogP contribution in [-0.4, -0.2) is 58.7 Å². The molecule has 21 heavy (non-hydrogen) atoms. The summed E-state index contributed by atoms with van der Waals surface area (Å²) in [7, 11) is -3.32. The molecule has 0 saturated carbocycles. The van der Waals surface area contributed by atoms with Gasteiger partial charge >= 0.3 is 0 Å². The zero-order chi connectivity index (χ0) is 15.1. The molecule has 0 aromatic rings. The van der Waals surface area contributed by atoms with Gasteiger partial charge < -0.3 is 10.1 Å². The van der Waals surface area contributed by atoms with Crippen LogP contribution in [0.1, 0.15) is 32.6 Å². The molecule has 2 heterocycles. The summed E-state index contributed by atoms with van der Waals surface area (Å²) in [6, 6.07) is 0. The lowest BCUT2D eigenvalue weighted by atomic mass is 10.00. The van der Waals surface area contributed by atoms with Crippen LogP contribution < -0.4 is 10.0 Å². The van der Waals surface area contributed by atoms with Crippen molar-refractivity contribution in [2.45, 2.75) is 32.6 Å². The maximum Gasteiger partial charge on any atom is 0.279 e. The first-order chi connectivity index (χ1) is 10.1. The van der Waals surface area contributed by atoms with Crippen LogP contribution in [0, 0.1) is 11.8 Å². The Morgan fingerprint density at radius 2 is 2.14 bits per heavy atom. The number of ether oxygens (including phenoxy) is 1. The molecule has 2 atom stereocenters. The van der Waals surface area contributed by atoms with E-state index < -0.39 is 10.2 Å². The quantitative estimate of drug-likeness (QED) is 0.686. The Morgan fingerprint density at radius 3 is 2.86 bits per heavy atom. The number of nitrogens with zero attached hydrogens (tertiary/aromatic N) is 1. The highest BCUT2D eigenvalue weighted by atomic mass is 32.2. The highest BCUT2D eigenvalue weighted by molar-refractivity contribution is 7.87. The molecular formula is C14H29N3O3S. The highest BCUT2D eigenvalue weighted by Gasteiger charge is 2.28. The lowest BCUT2D eigenvalue weighted by Crippen LogP contribution is -2.48. The molecule has 0 aromatic carbocycles. The number of piperidine rings is 1. The van der Waals surface area contributed by atoms with Gasteiger partial charge in [-0.2, -0.15) is 12.7 Å². The monoisotopic (exact) mass is 319 g/mol. The predicted octanol–water partition coefficient (Wildman–Crippen LogP) is 0.569. The number of hydrogen-bond donors (Lipinski definition) is 2. The molecule has 6 nitrogen and oxygen atoms in total. The van der Waals surface area contributed by atoms with E-state index >= 15 is 0 Å². The third-order valence-electron chi connectivity index (χ3n) is 4.37. The third kappa shape index (κ3) is 5.49. The molecular weight excluding hydrogens is 290 g/mol. The van der Waals surface area contributed by atoms with Crippen LogP contribution in [0.5, 0.6) is 0 Å². The van der Waals surface area contributed by atoms with Crippen molar-refractivity contribution in [3.8, 4) is 0 Å². The lowest BCUT2D eigenvalue weighted by molar-refractivity contribution is 0.184. The van der Waals surface area contributed by atoms with Gasteiger partial charge in [0.2, 0.25) is 0 Å². The molecule has 2 fully saturated rings. The number of hydrogen-bond acceptors (Lipinski definition) is 4. The number of nitrogens with one attached hydrogen (secondary N) is 2. The molecule has 0 spiro atoms. The van der Waals surface area contributed by atoms with Gasteiger partial charge in [0.25, 0.3) is 10.2 Å². The molecule has 0 radical (unpaired) electrons. The molecule has 0 aromatic heterocycles. The minimum atomic E-state index is -3.32. The van der Waals surface area contributed by atoms with Crippen LogP contribution in [0.2, 0.25) is 0 Å². The first-order valence-electron chi connectivity index (χ1n) is 8.15. The van der Waals surface area contributed by atoms with E-state index in [-0.39, 0.29) is 0 Å². The van der Waals surface area contributed by atoms with Gasteiger partial charge in [0.05, 0.1) is 0 Å². The normalized spacial score (nSPS) is 28.0. The van der Waals surface area contributed by atoms with Crippen LogP contribution in [-0.2, 0) is 14.9 Å². The lowest BCUT2D eigenvalue weighted by Gasteiger charge is -2.32. The van der Waals surface area contributed by atoms with Crippen LogP contribution in [0.3, 0.4) is 0 Å². The zero-order valence-electron chi connectivity index (χ0n) is 13.0.